The monoisotopic (exact) mass is 814 g/mol. The highest BCUT2D eigenvalue weighted by atomic mass is 15.1. The van der Waals surface area contributed by atoms with Gasteiger partial charge in [0.1, 0.15) is 0 Å². The third kappa shape index (κ3) is 6.52. The van der Waals surface area contributed by atoms with E-state index in [9.17, 15) is 0 Å². The van der Waals surface area contributed by atoms with E-state index in [-0.39, 0.29) is 0 Å². The van der Waals surface area contributed by atoms with Crippen molar-refractivity contribution in [2.45, 2.75) is 0 Å². The third-order valence-corrected chi connectivity index (χ3v) is 12.8. The maximum absolute atomic E-state index is 2.44. The largest absolute Gasteiger partial charge is 0.310 e. The van der Waals surface area contributed by atoms with Gasteiger partial charge in [-0.2, -0.15) is 0 Å². The average molecular weight is 815 g/mol. The van der Waals surface area contributed by atoms with Gasteiger partial charge in [0, 0.05) is 38.8 Å². The molecule has 300 valence electrons. The fourth-order valence-electron chi connectivity index (χ4n) is 9.70. The van der Waals surface area contributed by atoms with E-state index in [0.29, 0.717) is 0 Å². The summed E-state index contributed by atoms with van der Waals surface area (Å²) in [5.41, 5.74) is 16.3. The van der Waals surface area contributed by atoms with Gasteiger partial charge in [0.25, 0.3) is 0 Å². The van der Waals surface area contributed by atoms with Crippen LogP contribution < -0.4 is 4.90 Å². The molecule has 12 aromatic rings. The minimum atomic E-state index is 1.08. The second-order valence-electron chi connectivity index (χ2n) is 16.5. The number of aromatic nitrogens is 1. The average Bonchev–Trinajstić information content (AvgIpc) is 3.72. The van der Waals surface area contributed by atoms with E-state index in [2.05, 4.69) is 264 Å². The standard InChI is InChI=1S/C62H42N2/c1-3-15-43(16-4-1)45-29-34-51(35-30-45)63(60-25-13-11-22-55(60)50-28-27-44-17-7-8-21-49(44)41-50)53-38-40-54(59(42-53)46-18-5-2-6-19-46)48-31-36-52(37-32-48)64-61-26-14-12-24-57(61)58-39-33-47-20-9-10-23-56(47)62(58)64/h1-42H. The first-order valence-corrected chi connectivity index (χ1v) is 22.0. The van der Waals surface area contributed by atoms with Gasteiger partial charge in [-0.15, -0.1) is 0 Å². The fourth-order valence-corrected chi connectivity index (χ4v) is 9.70. The third-order valence-electron chi connectivity index (χ3n) is 12.8. The topological polar surface area (TPSA) is 8.17 Å². The van der Waals surface area contributed by atoms with Crippen LogP contribution in [0.3, 0.4) is 0 Å². The highest BCUT2D eigenvalue weighted by molar-refractivity contribution is 6.18. The van der Waals surface area contributed by atoms with Gasteiger partial charge in [-0.05, 0) is 110 Å². The molecule has 0 radical (unpaired) electrons. The molecule has 0 aliphatic heterocycles. The first-order valence-electron chi connectivity index (χ1n) is 22.0. The van der Waals surface area contributed by atoms with Crippen molar-refractivity contribution >= 4 is 60.4 Å². The quantitative estimate of drug-likeness (QED) is 0.148. The minimum absolute atomic E-state index is 1.08. The van der Waals surface area contributed by atoms with Gasteiger partial charge >= 0.3 is 0 Å². The van der Waals surface area contributed by atoms with Crippen LogP contribution in [-0.4, -0.2) is 4.57 Å². The molecule has 0 fully saturated rings. The predicted molar refractivity (Wildman–Crippen MR) is 272 cm³/mol. The first-order chi connectivity index (χ1) is 31.7. The summed E-state index contributed by atoms with van der Waals surface area (Å²) in [6, 6.07) is 92.7. The smallest absolute Gasteiger partial charge is 0.0619 e. The molecule has 0 aliphatic rings. The summed E-state index contributed by atoms with van der Waals surface area (Å²) in [4.78, 5) is 2.42. The van der Waals surface area contributed by atoms with Crippen LogP contribution in [0.2, 0.25) is 0 Å². The summed E-state index contributed by atoms with van der Waals surface area (Å²) in [6.45, 7) is 0. The van der Waals surface area contributed by atoms with Gasteiger partial charge in [0.2, 0.25) is 0 Å². The molecule has 0 spiro atoms. The number of benzene rings is 11. The minimum Gasteiger partial charge on any atom is -0.310 e. The Hall–Kier alpha value is -8.46. The van der Waals surface area contributed by atoms with Crippen molar-refractivity contribution in [1.29, 1.82) is 0 Å². The number of hydrogen-bond acceptors (Lipinski definition) is 1. The van der Waals surface area contributed by atoms with E-state index in [4.69, 9.17) is 0 Å². The van der Waals surface area contributed by atoms with E-state index in [1.165, 1.54) is 82.3 Å². The van der Waals surface area contributed by atoms with Gasteiger partial charge in [-0.1, -0.05) is 200 Å². The molecule has 11 aromatic carbocycles. The number of para-hydroxylation sites is 2. The lowest BCUT2D eigenvalue weighted by Crippen LogP contribution is -2.11. The van der Waals surface area contributed by atoms with Crippen LogP contribution in [0.1, 0.15) is 0 Å². The zero-order valence-corrected chi connectivity index (χ0v) is 35.1. The van der Waals surface area contributed by atoms with Crippen molar-refractivity contribution in [2.24, 2.45) is 0 Å². The number of fused-ring (bicyclic) bond motifs is 6. The van der Waals surface area contributed by atoms with Crippen molar-refractivity contribution < 1.29 is 0 Å². The summed E-state index contributed by atoms with van der Waals surface area (Å²) in [7, 11) is 0. The summed E-state index contributed by atoms with van der Waals surface area (Å²) < 4.78 is 2.44. The molecule has 0 atom stereocenters. The van der Waals surface area contributed by atoms with Gasteiger partial charge in [-0.3, -0.25) is 0 Å². The maximum atomic E-state index is 2.44. The van der Waals surface area contributed by atoms with Crippen LogP contribution in [0.25, 0.3) is 93.5 Å². The maximum Gasteiger partial charge on any atom is 0.0619 e. The SMILES string of the molecule is c1ccc(-c2ccc(N(c3ccc(-c4ccc(-n5c6ccccc6c6ccc7ccccc7c65)cc4)c(-c4ccccc4)c3)c3ccccc3-c3ccc4ccccc4c3)cc2)cc1. The van der Waals surface area contributed by atoms with Crippen LogP contribution in [0, 0.1) is 0 Å². The zero-order chi connectivity index (χ0) is 42.4. The van der Waals surface area contributed by atoms with Crippen LogP contribution >= 0.6 is 0 Å². The van der Waals surface area contributed by atoms with Crippen LogP contribution in [0.15, 0.2) is 255 Å². The molecule has 2 heteroatoms. The van der Waals surface area contributed by atoms with E-state index >= 15 is 0 Å². The summed E-state index contributed by atoms with van der Waals surface area (Å²) in [5, 5.41) is 7.48. The van der Waals surface area contributed by atoms with Crippen molar-refractivity contribution in [1.82, 2.24) is 4.57 Å². The van der Waals surface area contributed by atoms with E-state index < -0.39 is 0 Å². The molecule has 0 aliphatic carbocycles. The Bertz CT molecular complexity index is 3640. The molecule has 0 saturated carbocycles. The highest BCUT2D eigenvalue weighted by Crippen LogP contribution is 2.45. The number of rotatable bonds is 8. The summed E-state index contributed by atoms with van der Waals surface area (Å²) in [6.07, 6.45) is 0. The molecule has 0 bridgehead atoms. The van der Waals surface area contributed by atoms with Gasteiger partial charge in [-0.25, -0.2) is 0 Å². The van der Waals surface area contributed by atoms with Crippen molar-refractivity contribution in [3.05, 3.63) is 255 Å². The fraction of sp³-hybridized carbons (Fsp3) is 0. The zero-order valence-electron chi connectivity index (χ0n) is 35.1. The van der Waals surface area contributed by atoms with Crippen LogP contribution in [-0.2, 0) is 0 Å². The second kappa shape index (κ2) is 15.8. The highest BCUT2D eigenvalue weighted by Gasteiger charge is 2.21. The molecular formula is C62H42N2. The normalized spacial score (nSPS) is 11.4. The lowest BCUT2D eigenvalue weighted by Gasteiger charge is -2.29. The van der Waals surface area contributed by atoms with Gasteiger partial charge in [0.15, 0.2) is 0 Å². The van der Waals surface area contributed by atoms with Crippen LogP contribution in [0.5, 0.6) is 0 Å². The molecule has 0 N–H and O–H groups in total. The van der Waals surface area contributed by atoms with Crippen molar-refractivity contribution in [3.63, 3.8) is 0 Å². The molecule has 2 nitrogen and oxygen atoms in total. The molecule has 1 aromatic heterocycles. The van der Waals surface area contributed by atoms with Crippen molar-refractivity contribution in [3.8, 4) is 50.2 Å². The van der Waals surface area contributed by atoms with E-state index in [1.54, 1.807) is 0 Å². The number of hydrogen-bond donors (Lipinski definition) is 0. The molecule has 1 heterocycles. The lowest BCUT2D eigenvalue weighted by molar-refractivity contribution is 1.19. The molecule has 0 unspecified atom stereocenters. The first kappa shape index (κ1) is 37.3. The second-order valence-corrected chi connectivity index (χ2v) is 16.5. The predicted octanol–water partition coefficient (Wildman–Crippen LogP) is 17.2. The van der Waals surface area contributed by atoms with Gasteiger partial charge in [0.05, 0.1) is 16.7 Å². The Kier molecular flexibility index (Phi) is 9.20. The Morgan fingerprint density at radius 1 is 0.281 bits per heavy atom. The molecule has 64 heavy (non-hydrogen) atoms. The summed E-state index contributed by atoms with van der Waals surface area (Å²) in [5.74, 6) is 0. The Morgan fingerprint density at radius 3 is 1.64 bits per heavy atom. The van der Waals surface area contributed by atoms with E-state index in [1.807, 2.05) is 0 Å². The van der Waals surface area contributed by atoms with E-state index in [0.717, 1.165) is 28.3 Å². The Labute approximate surface area is 373 Å². The lowest BCUT2D eigenvalue weighted by atomic mass is 9.93. The number of nitrogens with zero attached hydrogens (tertiary/aromatic N) is 2. The Balaban J connectivity index is 1.02. The van der Waals surface area contributed by atoms with Gasteiger partial charge < -0.3 is 9.47 Å². The summed E-state index contributed by atoms with van der Waals surface area (Å²) >= 11 is 0. The molecule has 12 rings (SSSR count). The number of anilines is 3. The molecule has 0 amide bonds. The molecular weight excluding hydrogens is 773 g/mol. The van der Waals surface area contributed by atoms with Crippen molar-refractivity contribution in [2.75, 3.05) is 4.90 Å². The molecule has 0 saturated heterocycles. The van der Waals surface area contributed by atoms with Crippen LogP contribution in [0.4, 0.5) is 17.1 Å². The Morgan fingerprint density at radius 2 is 0.844 bits per heavy atom.